The van der Waals surface area contributed by atoms with Gasteiger partial charge in [-0.05, 0) is 68.1 Å². The highest BCUT2D eigenvalue weighted by atomic mass is 35.6. The molecule has 2 N–H and O–H groups in total. The van der Waals surface area contributed by atoms with Crippen LogP contribution in [0.1, 0.15) is 69.2 Å². The number of esters is 1. The molecule has 616 valence electrons. The Hall–Kier alpha value is -9.45. The summed E-state index contributed by atoms with van der Waals surface area (Å²) < 4.78 is 108. The van der Waals surface area contributed by atoms with Crippen molar-refractivity contribution in [2.24, 2.45) is 5.11 Å². The Morgan fingerprint density at radius 1 is 0.517 bits per heavy atom. The van der Waals surface area contributed by atoms with Crippen LogP contribution in [-0.2, 0) is 125 Å². The average Bonchev–Trinajstić information content (AvgIpc) is 1.09. The zero-order chi connectivity index (χ0) is 81.6. The first kappa shape index (κ1) is 85.0. The van der Waals surface area contributed by atoms with E-state index in [0.717, 1.165) is 50.1 Å². The summed E-state index contributed by atoms with van der Waals surface area (Å²) in [5.41, 5.74) is 20.4. The second kappa shape index (κ2) is 42.0. The lowest BCUT2D eigenvalue weighted by atomic mass is 9.93. The van der Waals surface area contributed by atoms with Gasteiger partial charge in [0.15, 0.2) is 31.2 Å². The minimum Gasteiger partial charge on any atom is -0.460 e. The van der Waals surface area contributed by atoms with Crippen LogP contribution >= 0.6 is 34.8 Å². The highest BCUT2D eigenvalue weighted by molar-refractivity contribution is 6.76. The average molecular weight is 1670 g/mol. The van der Waals surface area contributed by atoms with E-state index in [9.17, 15) is 15.1 Å². The van der Waals surface area contributed by atoms with Crippen molar-refractivity contribution in [2.45, 2.75) is 167 Å². The number of amides is 2. The van der Waals surface area contributed by atoms with E-state index in [1.54, 1.807) is 0 Å². The molecule has 9 aromatic carbocycles. The molecule has 1 unspecified atom stereocenters. The van der Waals surface area contributed by atoms with Crippen molar-refractivity contribution in [2.75, 3.05) is 33.0 Å². The Morgan fingerprint density at radius 3 is 1.47 bits per heavy atom. The maximum absolute atomic E-state index is 15.0. The number of carbonyl (C=O) groups excluding carboxylic acids is 3. The van der Waals surface area contributed by atoms with Gasteiger partial charge in [-0.25, -0.2) is 9.59 Å². The van der Waals surface area contributed by atoms with Gasteiger partial charge in [0.25, 0.3) is 9.70 Å². The molecule has 1 aliphatic carbocycles. The van der Waals surface area contributed by atoms with E-state index in [-0.39, 0.29) is 78.6 Å². The van der Waals surface area contributed by atoms with Crippen LogP contribution < -0.4 is 10.6 Å². The van der Waals surface area contributed by atoms with E-state index < -0.39 is 132 Å². The molecule has 5 aliphatic rings. The fraction of sp³-hybridized carbons (Fsp3) is 0.352. The number of halogens is 3. The third-order valence-electron chi connectivity index (χ3n) is 20.9. The normalized spacial score (nSPS) is 25.3. The summed E-state index contributed by atoms with van der Waals surface area (Å²) in [6, 6.07) is 77.4. The Bertz CT molecular complexity index is 4670. The molecule has 4 fully saturated rings. The fourth-order valence-electron chi connectivity index (χ4n) is 15.1. The van der Waals surface area contributed by atoms with Crippen LogP contribution in [0.25, 0.3) is 21.6 Å². The summed E-state index contributed by atoms with van der Waals surface area (Å²) >= 11 is 19.9. The SMILES string of the molecule is C=CCOC(=O)[C@@H](NC(=O)OCC1c2ccccc2-c2ccccc21)[C@@H](C)O[C@H]1O[C@@H]2COC(c3ccccc3)O[C@@H]2[C@H](O[C@@H]2O[C@H](COCc3ccccc3)[C@@H](O[C@@H]3O[C@H](COCc4ccccc4)[C@H](OCc4ccccc4)[C@H](OCc4ccccc4)[C@H]3OCc3ccccc3)[C@H](OCc3ccccc3)[C@H]2NC(=O)C(Cl)(Cl)Cl)[C@H]1N=[N+]=[N-]. The molecule has 18 atom stereocenters. The second-order valence-corrected chi connectivity index (χ2v) is 31.2. The number of ether oxygens (including phenoxy) is 16. The predicted molar refractivity (Wildman–Crippen MR) is 437 cm³/mol. The maximum Gasteiger partial charge on any atom is 0.407 e. The van der Waals surface area contributed by atoms with E-state index in [2.05, 4.69) is 27.2 Å². The van der Waals surface area contributed by atoms with Crippen molar-refractivity contribution < 1.29 is 90.2 Å². The molecule has 4 saturated heterocycles. The van der Waals surface area contributed by atoms with E-state index >= 15 is 4.79 Å². The van der Waals surface area contributed by atoms with Crippen LogP contribution in [0.3, 0.4) is 0 Å². The molecule has 0 aromatic heterocycles. The fourth-order valence-corrected chi connectivity index (χ4v) is 15.3. The van der Waals surface area contributed by atoms with Gasteiger partial charge in [0, 0.05) is 16.4 Å². The number of nitrogens with one attached hydrogen (secondary N) is 2. The van der Waals surface area contributed by atoms with Gasteiger partial charge in [0.1, 0.15) is 86.3 Å². The predicted octanol–water partition coefficient (Wildman–Crippen LogP) is 15.4. The largest absolute Gasteiger partial charge is 0.460 e. The standard InChI is InChI=1S/C91H92Cl3N5O19/c1-3-47-105-84(100)74(97-90(102)111-54-70-68-45-27-25-43-66(68)67-44-26-28-46-69(67)70)58(2)112-87-76(98-99-95)81(79-73(114-87)57-110-85(116-79)65-41-23-10-24-42-65)118-86-75(96-89(101)91(92,93)94)80(107-51-62-35-17-7-18-36-62)78(72(113-86)56-104-49-60-31-13-5-14-32-60)117-88-83(109-53-64-39-21-9-22-40-64)82(108-52-63-37-19-8-20-38-63)77(106-50-61-33-15-6-16-34-61)71(115-88)55-103-48-59-29-11-4-12-30-59/h3-46,58,70-83,85-88H,1,47-57H2,2H3,(H,96,101)(H,97,102)/t58-,71-,72-,73-,74+,75-,76-,77+,78-,79+,80-,81-,82+,83-,85?,86+,87+,88+/m1/s1. The number of alkyl halides is 3. The number of azide groups is 1. The topological polar surface area (TPSA) is 272 Å². The van der Waals surface area contributed by atoms with E-state index in [4.69, 9.17) is 111 Å². The van der Waals surface area contributed by atoms with Gasteiger partial charge in [0.2, 0.25) is 0 Å². The third-order valence-corrected chi connectivity index (χ3v) is 21.4. The monoisotopic (exact) mass is 1660 g/mol. The van der Waals surface area contributed by atoms with Gasteiger partial charge in [0.05, 0.1) is 65.6 Å². The lowest BCUT2D eigenvalue weighted by molar-refractivity contribution is -0.385. The van der Waals surface area contributed by atoms with Crippen LogP contribution in [0.15, 0.2) is 279 Å². The van der Waals surface area contributed by atoms with Crippen molar-refractivity contribution in [1.29, 1.82) is 0 Å². The lowest BCUT2D eigenvalue weighted by Crippen LogP contribution is -2.71. The molecule has 24 nitrogen and oxygen atoms in total. The first-order valence-corrected chi connectivity index (χ1v) is 40.3. The molecular formula is C91H92Cl3N5O19. The van der Waals surface area contributed by atoms with Crippen molar-refractivity contribution in [3.63, 3.8) is 0 Å². The molecule has 0 radical (unpaired) electrons. The Kier molecular flexibility index (Phi) is 30.2. The summed E-state index contributed by atoms with van der Waals surface area (Å²) in [6.45, 7) is 4.65. The number of nitrogens with zero attached hydrogens (tertiary/aromatic N) is 3. The molecule has 2 amide bonds. The minimum atomic E-state index is -2.66. The zero-order valence-electron chi connectivity index (χ0n) is 64.6. The minimum absolute atomic E-state index is 0.0214. The van der Waals surface area contributed by atoms with Crippen LogP contribution in [0.2, 0.25) is 0 Å². The first-order chi connectivity index (χ1) is 57.7. The van der Waals surface area contributed by atoms with Gasteiger partial charge < -0.3 is 86.4 Å². The number of benzene rings is 9. The van der Waals surface area contributed by atoms with E-state index in [1.807, 2.05) is 261 Å². The first-order valence-electron chi connectivity index (χ1n) is 39.1. The number of hydrogen-bond donors (Lipinski definition) is 2. The van der Waals surface area contributed by atoms with Gasteiger partial charge in [-0.15, -0.1) is 0 Å². The molecule has 0 saturated carbocycles. The summed E-state index contributed by atoms with van der Waals surface area (Å²) in [7, 11) is 0. The highest BCUT2D eigenvalue weighted by Crippen LogP contribution is 2.46. The van der Waals surface area contributed by atoms with Crippen LogP contribution in [0.5, 0.6) is 0 Å². The zero-order valence-corrected chi connectivity index (χ0v) is 66.9. The molecule has 14 rings (SSSR count). The third kappa shape index (κ3) is 22.1. The van der Waals surface area contributed by atoms with Gasteiger partial charge in [-0.1, -0.05) is 313 Å². The Labute approximate surface area is 699 Å². The Morgan fingerprint density at radius 2 is 0.966 bits per heavy atom. The van der Waals surface area contributed by atoms with Crippen molar-refractivity contribution in [3.05, 3.63) is 334 Å². The van der Waals surface area contributed by atoms with Crippen molar-refractivity contribution in [1.82, 2.24) is 10.6 Å². The molecule has 118 heavy (non-hydrogen) atoms. The van der Waals surface area contributed by atoms with Crippen LogP contribution in [0, 0.1) is 0 Å². The molecule has 27 heteroatoms. The second-order valence-electron chi connectivity index (χ2n) is 29.0. The molecule has 0 spiro atoms. The number of fused-ring (bicyclic) bond motifs is 4. The Balaban J connectivity index is 0.855. The number of hydrogen-bond acceptors (Lipinski definition) is 20. The molecule has 4 aliphatic heterocycles. The van der Waals surface area contributed by atoms with Crippen molar-refractivity contribution >= 4 is 52.8 Å². The maximum atomic E-state index is 15.0. The summed E-state index contributed by atoms with van der Waals surface area (Å²) in [6.07, 6.45) is -19.3. The molecular weight excluding hydrogens is 1570 g/mol. The molecule has 9 aromatic rings. The van der Waals surface area contributed by atoms with Crippen LogP contribution in [-0.4, -0.2) is 159 Å². The number of carbonyl (C=O) groups is 3. The van der Waals surface area contributed by atoms with Gasteiger partial charge in [-0.3, -0.25) is 4.79 Å². The smallest absolute Gasteiger partial charge is 0.407 e. The van der Waals surface area contributed by atoms with Gasteiger partial charge >= 0.3 is 12.1 Å². The van der Waals surface area contributed by atoms with Crippen LogP contribution in [0.4, 0.5) is 4.79 Å². The van der Waals surface area contributed by atoms with E-state index in [1.165, 1.54) is 13.0 Å². The van der Waals surface area contributed by atoms with E-state index in [0.29, 0.717) is 11.1 Å². The summed E-state index contributed by atoms with van der Waals surface area (Å²) in [5.74, 6) is -2.42. The molecule has 4 heterocycles. The summed E-state index contributed by atoms with van der Waals surface area (Å²) in [4.78, 5) is 47.1. The van der Waals surface area contributed by atoms with Gasteiger partial charge in [-0.2, -0.15) is 0 Å². The number of rotatable bonds is 36. The number of alkyl carbamates (subject to hydrolysis) is 1. The van der Waals surface area contributed by atoms with Crippen molar-refractivity contribution in [3.8, 4) is 11.1 Å². The highest BCUT2D eigenvalue weighted by Gasteiger charge is 2.59. The summed E-state index contributed by atoms with van der Waals surface area (Å²) in [5, 5.41) is 9.98. The lowest BCUT2D eigenvalue weighted by Gasteiger charge is -2.53. The molecule has 0 bridgehead atoms. The quantitative estimate of drug-likeness (QED) is 0.00922.